The summed E-state index contributed by atoms with van der Waals surface area (Å²) >= 11 is 0. The van der Waals surface area contributed by atoms with E-state index in [4.69, 9.17) is 15.0 Å². The number of hydrogen-bond donors (Lipinski definition) is 0. The predicted octanol–water partition coefficient (Wildman–Crippen LogP) is 8.58. The van der Waals surface area contributed by atoms with Crippen molar-refractivity contribution in [3.63, 3.8) is 0 Å². The van der Waals surface area contributed by atoms with Crippen LogP contribution in [0.4, 0.5) is 0 Å². The number of rotatable bonds is 4. The van der Waals surface area contributed by atoms with Gasteiger partial charge in [-0.15, -0.1) is 0 Å². The molecule has 8 aromatic rings. The summed E-state index contributed by atoms with van der Waals surface area (Å²) in [6.07, 6.45) is 1.46. The van der Waals surface area contributed by atoms with Crippen molar-refractivity contribution in [2.45, 2.75) is 6.29 Å². The first-order valence-electron chi connectivity index (χ1n) is 15.1. The summed E-state index contributed by atoms with van der Waals surface area (Å²) in [5.74, 6) is 1.57. The molecule has 3 aromatic heterocycles. The average Bonchev–Trinajstić information content (AvgIpc) is 3.62. The van der Waals surface area contributed by atoms with E-state index in [2.05, 4.69) is 130 Å². The standard InChI is InChI=1S/C39H28N6/c1-43-38(27-16-7-3-8-17-27)41-37(26-14-5-2-6-15-26)42-39(43)45-33-22-13-25-40-35(33)30-23-24-32-34(36(30)45)29-20-11-12-21-31(29)44(32)28-18-9-4-10-19-28/h2-25,39H,1H3. The van der Waals surface area contributed by atoms with Crippen LogP contribution in [0.25, 0.3) is 49.4 Å². The van der Waals surface area contributed by atoms with E-state index >= 15 is 0 Å². The number of benzene rings is 5. The van der Waals surface area contributed by atoms with E-state index in [1.165, 1.54) is 10.8 Å². The third-order valence-electron chi connectivity index (χ3n) is 8.79. The largest absolute Gasteiger partial charge is 0.320 e. The van der Waals surface area contributed by atoms with Crippen molar-refractivity contribution >= 4 is 55.4 Å². The number of pyridine rings is 1. The van der Waals surface area contributed by atoms with E-state index in [1.54, 1.807) is 0 Å². The molecule has 1 aliphatic rings. The van der Waals surface area contributed by atoms with Gasteiger partial charge in [0.05, 0.1) is 27.6 Å². The lowest BCUT2D eigenvalue weighted by Crippen LogP contribution is -2.38. The Morgan fingerprint density at radius 3 is 2.02 bits per heavy atom. The van der Waals surface area contributed by atoms with E-state index in [9.17, 15) is 0 Å². The third-order valence-corrected chi connectivity index (χ3v) is 8.79. The Labute approximate surface area is 259 Å². The van der Waals surface area contributed by atoms with Crippen LogP contribution >= 0.6 is 0 Å². The van der Waals surface area contributed by atoms with Crippen molar-refractivity contribution in [2.75, 3.05) is 7.05 Å². The fraction of sp³-hybridized carbons (Fsp3) is 0.0513. The number of aliphatic imine (C=N–C) groups is 2. The summed E-state index contributed by atoms with van der Waals surface area (Å²) in [7, 11) is 2.09. The minimum absolute atomic E-state index is 0.415. The quantitative estimate of drug-likeness (QED) is 0.209. The van der Waals surface area contributed by atoms with Crippen molar-refractivity contribution in [1.29, 1.82) is 0 Å². The molecule has 0 bridgehead atoms. The van der Waals surface area contributed by atoms with Gasteiger partial charge < -0.3 is 9.47 Å². The highest BCUT2D eigenvalue weighted by Gasteiger charge is 2.31. The van der Waals surface area contributed by atoms with Crippen LogP contribution in [0.1, 0.15) is 17.4 Å². The Morgan fingerprint density at radius 2 is 1.24 bits per heavy atom. The maximum Gasteiger partial charge on any atom is 0.206 e. The van der Waals surface area contributed by atoms with Crippen LogP contribution < -0.4 is 0 Å². The highest BCUT2D eigenvalue weighted by atomic mass is 15.4. The lowest BCUT2D eigenvalue weighted by Gasteiger charge is -2.34. The zero-order valence-corrected chi connectivity index (χ0v) is 24.6. The molecule has 0 saturated heterocycles. The van der Waals surface area contributed by atoms with Crippen LogP contribution in [-0.2, 0) is 0 Å². The van der Waals surface area contributed by atoms with Gasteiger partial charge in [0.1, 0.15) is 5.84 Å². The number of fused-ring (bicyclic) bond motifs is 7. The maximum absolute atomic E-state index is 5.39. The van der Waals surface area contributed by atoms with E-state index in [1.807, 2.05) is 36.5 Å². The molecule has 0 amide bonds. The molecule has 1 aliphatic heterocycles. The van der Waals surface area contributed by atoms with E-state index in [0.29, 0.717) is 5.84 Å². The first kappa shape index (κ1) is 25.5. The Morgan fingerprint density at radius 1 is 0.578 bits per heavy atom. The highest BCUT2D eigenvalue weighted by Crippen LogP contribution is 2.42. The second-order valence-corrected chi connectivity index (χ2v) is 11.4. The van der Waals surface area contributed by atoms with Gasteiger partial charge in [0.15, 0.2) is 5.84 Å². The molecular formula is C39H28N6. The molecule has 6 heteroatoms. The molecule has 0 saturated carbocycles. The lowest BCUT2D eigenvalue weighted by atomic mass is 10.1. The molecule has 45 heavy (non-hydrogen) atoms. The minimum Gasteiger partial charge on any atom is -0.320 e. The van der Waals surface area contributed by atoms with Gasteiger partial charge in [-0.1, -0.05) is 97.1 Å². The lowest BCUT2D eigenvalue weighted by molar-refractivity contribution is 0.297. The van der Waals surface area contributed by atoms with Gasteiger partial charge in [0.2, 0.25) is 6.29 Å². The van der Waals surface area contributed by atoms with Gasteiger partial charge >= 0.3 is 0 Å². The van der Waals surface area contributed by atoms with E-state index < -0.39 is 6.29 Å². The third kappa shape index (κ3) is 3.85. The van der Waals surface area contributed by atoms with Crippen LogP contribution in [0.5, 0.6) is 0 Å². The smallest absolute Gasteiger partial charge is 0.206 e. The topological polar surface area (TPSA) is 50.7 Å². The highest BCUT2D eigenvalue weighted by molar-refractivity contribution is 6.25. The molecule has 0 spiro atoms. The van der Waals surface area contributed by atoms with Gasteiger partial charge in [-0.25, -0.2) is 9.98 Å². The molecule has 4 heterocycles. The maximum atomic E-state index is 5.39. The second kappa shape index (κ2) is 10.0. The van der Waals surface area contributed by atoms with Crippen molar-refractivity contribution in [1.82, 2.24) is 19.0 Å². The monoisotopic (exact) mass is 580 g/mol. The molecule has 0 fully saturated rings. The van der Waals surface area contributed by atoms with Crippen molar-refractivity contribution < 1.29 is 0 Å². The summed E-state index contributed by atoms with van der Waals surface area (Å²) < 4.78 is 4.72. The number of hydrogen-bond acceptors (Lipinski definition) is 4. The molecule has 0 N–H and O–H groups in total. The van der Waals surface area contributed by atoms with Crippen LogP contribution in [0.3, 0.4) is 0 Å². The van der Waals surface area contributed by atoms with Gasteiger partial charge in [-0.05, 0) is 42.5 Å². The summed E-state index contributed by atoms with van der Waals surface area (Å²) in [5.41, 5.74) is 8.54. The summed E-state index contributed by atoms with van der Waals surface area (Å²) in [5, 5.41) is 3.47. The number of para-hydroxylation sites is 2. The Hall–Kier alpha value is -6.01. The Kier molecular flexibility index (Phi) is 5.68. The number of nitrogens with zero attached hydrogens (tertiary/aromatic N) is 6. The fourth-order valence-electron chi connectivity index (χ4n) is 6.82. The minimum atomic E-state index is -0.415. The molecule has 5 aromatic carbocycles. The van der Waals surface area contributed by atoms with Gasteiger partial charge in [-0.2, -0.15) is 0 Å². The molecule has 1 unspecified atom stereocenters. The van der Waals surface area contributed by atoms with Crippen LogP contribution in [-0.4, -0.2) is 37.7 Å². The SMILES string of the molecule is CN1C(c2ccccc2)=NC(c2ccccc2)=NC1n1c2cccnc2c2ccc3c(c4ccccc4n3-c3ccccc3)c21. The molecule has 214 valence electrons. The van der Waals surface area contributed by atoms with Gasteiger partial charge in [-0.3, -0.25) is 9.55 Å². The molecule has 0 radical (unpaired) electrons. The summed E-state index contributed by atoms with van der Waals surface area (Å²) in [6.45, 7) is 0. The van der Waals surface area contributed by atoms with Crippen LogP contribution in [0, 0.1) is 0 Å². The normalized spacial score (nSPS) is 15.2. The van der Waals surface area contributed by atoms with Crippen molar-refractivity contribution in [3.8, 4) is 5.69 Å². The number of amidine groups is 2. The Balaban J connectivity index is 1.41. The predicted molar refractivity (Wildman–Crippen MR) is 184 cm³/mol. The number of aromatic nitrogens is 3. The first-order chi connectivity index (χ1) is 22.3. The van der Waals surface area contributed by atoms with Crippen molar-refractivity contribution in [3.05, 3.63) is 157 Å². The molecular weight excluding hydrogens is 552 g/mol. The van der Waals surface area contributed by atoms with Gasteiger partial charge in [0.25, 0.3) is 0 Å². The second-order valence-electron chi connectivity index (χ2n) is 11.4. The summed E-state index contributed by atoms with van der Waals surface area (Å²) in [4.78, 5) is 17.6. The molecule has 9 rings (SSSR count). The van der Waals surface area contributed by atoms with Crippen molar-refractivity contribution in [2.24, 2.45) is 9.98 Å². The zero-order valence-electron chi connectivity index (χ0n) is 24.6. The fourth-order valence-corrected chi connectivity index (χ4v) is 6.82. The van der Waals surface area contributed by atoms with Gasteiger partial charge in [0, 0.05) is 46.2 Å². The van der Waals surface area contributed by atoms with Crippen LogP contribution in [0.2, 0.25) is 0 Å². The average molecular weight is 581 g/mol. The van der Waals surface area contributed by atoms with Crippen LogP contribution in [0.15, 0.2) is 156 Å². The zero-order chi connectivity index (χ0) is 29.9. The van der Waals surface area contributed by atoms with E-state index in [-0.39, 0.29) is 0 Å². The molecule has 0 aliphatic carbocycles. The Bertz CT molecular complexity index is 2440. The summed E-state index contributed by atoms with van der Waals surface area (Å²) in [6, 6.07) is 48.5. The molecule has 1 atom stereocenters. The first-order valence-corrected chi connectivity index (χ1v) is 15.1. The van der Waals surface area contributed by atoms with E-state index in [0.717, 1.165) is 55.6 Å². The molecule has 6 nitrogen and oxygen atoms in total.